The van der Waals surface area contributed by atoms with Crippen LogP contribution in [0.2, 0.25) is 0 Å². The van der Waals surface area contributed by atoms with Gasteiger partial charge in [0.25, 0.3) is 0 Å². The molecule has 0 amide bonds. The van der Waals surface area contributed by atoms with Crippen LogP contribution in [-0.4, -0.2) is 28.3 Å². The van der Waals surface area contributed by atoms with E-state index < -0.39 is 0 Å². The molecule has 0 radical (unpaired) electrons. The number of carbonyl (C=O) groups is 1. The number of rotatable bonds is 4. The number of carbonyl (C=O) groups excluding carboxylic acids is 1. The zero-order valence-corrected chi connectivity index (χ0v) is 10.7. The van der Waals surface area contributed by atoms with Crippen molar-refractivity contribution in [2.75, 3.05) is 7.11 Å². The van der Waals surface area contributed by atoms with Crippen LogP contribution in [0.3, 0.4) is 0 Å². The van der Waals surface area contributed by atoms with Gasteiger partial charge < -0.3 is 4.74 Å². The van der Waals surface area contributed by atoms with Crippen LogP contribution < -0.4 is 0 Å². The summed E-state index contributed by atoms with van der Waals surface area (Å²) >= 11 is 0. The van der Waals surface area contributed by atoms with Gasteiger partial charge in [-0.1, -0.05) is 12.8 Å². The molecule has 2 aliphatic rings. The molecule has 0 aliphatic heterocycles. The third-order valence-corrected chi connectivity index (χ3v) is 4.09. The minimum atomic E-state index is -0.277. The molecule has 1 unspecified atom stereocenters. The van der Waals surface area contributed by atoms with Crippen LogP contribution in [-0.2, 0) is 9.53 Å². The van der Waals surface area contributed by atoms with Crippen molar-refractivity contribution >= 4 is 5.97 Å². The van der Waals surface area contributed by atoms with Crippen LogP contribution in [0, 0.1) is 5.92 Å². The number of esters is 1. The number of nitrogens with zero attached hydrogens (tertiary/aromatic N) is 2. The standard InChI is InChI=1S/C13H19N3O2/c1-18-13(17)10(8-4-2-3-5-8)12-14-11(15-16-12)9-6-7-9/h8-10H,2-7H2,1H3,(H,14,15,16). The van der Waals surface area contributed by atoms with Crippen molar-refractivity contribution in [1.82, 2.24) is 15.2 Å². The fraction of sp³-hybridized carbons (Fsp3) is 0.769. The summed E-state index contributed by atoms with van der Waals surface area (Å²) in [7, 11) is 1.44. The van der Waals surface area contributed by atoms with E-state index in [2.05, 4.69) is 15.2 Å². The van der Waals surface area contributed by atoms with Crippen LogP contribution in [0.1, 0.15) is 62.0 Å². The normalized spacial score (nSPS) is 22.1. The Morgan fingerprint density at radius 2 is 2.06 bits per heavy atom. The van der Waals surface area contributed by atoms with Crippen molar-refractivity contribution in [3.63, 3.8) is 0 Å². The third-order valence-electron chi connectivity index (χ3n) is 4.09. The fourth-order valence-electron chi connectivity index (χ4n) is 2.89. The van der Waals surface area contributed by atoms with Crippen LogP contribution in [0.4, 0.5) is 0 Å². The lowest BCUT2D eigenvalue weighted by molar-refractivity contribution is -0.144. The van der Waals surface area contributed by atoms with Crippen molar-refractivity contribution in [3.8, 4) is 0 Å². The zero-order chi connectivity index (χ0) is 12.5. The van der Waals surface area contributed by atoms with Crippen molar-refractivity contribution in [2.45, 2.75) is 50.4 Å². The summed E-state index contributed by atoms with van der Waals surface area (Å²) < 4.78 is 4.93. The Balaban J connectivity index is 1.83. The Labute approximate surface area is 106 Å². The first-order chi connectivity index (χ1) is 8.79. The van der Waals surface area contributed by atoms with Gasteiger partial charge >= 0.3 is 5.97 Å². The van der Waals surface area contributed by atoms with E-state index in [1.165, 1.54) is 32.8 Å². The van der Waals surface area contributed by atoms with Crippen LogP contribution in [0.25, 0.3) is 0 Å². The highest BCUT2D eigenvalue weighted by Crippen LogP contribution is 2.40. The maximum absolute atomic E-state index is 12.0. The summed E-state index contributed by atoms with van der Waals surface area (Å²) in [5, 5.41) is 7.24. The molecule has 18 heavy (non-hydrogen) atoms. The zero-order valence-electron chi connectivity index (χ0n) is 10.7. The minimum absolute atomic E-state index is 0.191. The van der Waals surface area contributed by atoms with Gasteiger partial charge in [-0.2, -0.15) is 5.10 Å². The molecule has 2 aliphatic carbocycles. The molecule has 0 aromatic carbocycles. The van der Waals surface area contributed by atoms with Gasteiger partial charge in [-0.3, -0.25) is 9.89 Å². The second-order valence-electron chi connectivity index (χ2n) is 5.40. The monoisotopic (exact) mass is 249 g/mol. The average Bonchev–Trinajstić information content (AvgIpc) is 2.91. The molecule has 0 spiro atoms. The van der Waals surface area contributed by atoms with E-state index in [0.29, 0.717) is 17.7 Å². The molecule has 5 nitrogen and oxygen atoms in total. The van der Waals surface area contributed by atoms with Crippen LogP contribution >= 0.6 is 0 Å². The van der Waals surface area contributed by atoms with Crippen molar-refractivity contribution in [3.05, 3.63) is 11.6 Å². The molecule has 2 fully saturated rings. The summed E-state index contributed by atoms with van der Waals surface area (Å²) in [4.78, 5) is 16.5. The smallest absolute Gasteiger partial charge is 0.316 e. The van der Waals surface area contributed by atoms with Crippen LogP contribution in [0.15, 0.2) is 0 Å². The predicted molar refractivity (Wildman–Crippen MR) is 65.1 cm³/mol. The second kappa shape index (κ2) is 4.71. The van der Waals surface area contributed by atoms with Gasteiger partial charge in [0, 0.05) is 5.92 Å². The van der Waals surface area contributed by atoms with E-state index in [1.807, 2.05) is 0 Å². The van der Waals surface area contributed by atoms with Gasteiger partial charge in [0.2, 0.25) is 0 Å². The molecule has 0 saturated heterocycles. The lowest BCUT2D eigenvalue weighted by Gasteiger charge is -2.17. The van der Waals surface area contributed by atoms with Gasteiger partial charge in [0.15, 0.2) is 5.82 Å². The lowest BCUT2D eigenvalue weighted by atomic mass is 9.90. The summed E-state index contributed by atoms with van der Waals surface area (Å²) in [6, 6.07) is 0. The molecule has 2 saturated carbocycles. The lowest BCUT2D eigenvalue weighted by Crippen LogP contribution is -2.22. The summed E-state index contributed by atoms with van der Waals surface area (Å²) in [5.74, 6) is 1.99. The van der Waals surface area contributed by atoms with E-state index in [4.69, 9.17) is 4.74 Å². The first-order valence-corrected chi connectivity index (χ1v) is 6.79. The maximum atomic E-state index is 12.0. The Bertz CT molecular complexity index is 433. The number of methoxy groups -OCH3 is 1. The highest BCUT2D eigenvalue weighted by atomic mass is 16.5. The van der Waals surface area contributed by atoms with Crippen LogP contribution in [0.5, 0.6) is 0 Å². The Kier molecular flexibility index (Phi) is 3.06. The average molecular weight is 249 g/mol. The Hall–Kier alpha value is -1.39. The molecule has 1 N–H and O–H groups in total. The SMILES string of the molecule is COC(=O)C(c1n[nH]c(C2CC2)n1)C1CCCC1. The van der Waals surface area contributed by atoms with Gasteiger partial charge in [0.1, 0.15) is 11.7 Å². The molecule has 1 atom stereocenters. The van der Waals surface area contributed by atoms with Crippen molar-refractivity contribution in [1.29, 1.82) is 0 Å². The summed E-state index contributed by atoms with van der Waals surface area (Å²) in [6.07, 6.45) is 6.90. The molecule has 98 valence electrons. The van der Waals surface area contributed by atoms with E-state index in [-0.39, 0.29) is 11.9 Å². The van der Waals surface area contributed by atoms with Gasteiger partial charge in [-0.05, 0) is 31.6 Å². The van der Waals surface area contributed by atoms with Gasteiger partial charge in [-0.15, -0.1) is 0 Å². The third kappa shape index (κ3) is 2.13. The topological polar surface area (TPSA) is 67.9 Å². The fourth-order valence-corrected chi connectivity index (χ4v) is 2.89. The summed E-state index contributed by atoms with van der Waals surface area (Å²) in [6.45, 7) is 0. The molecule has 0 bridgehead atoms. The quantitative estimate of drug-likeness (QED) is 0.830. The number of hydrogen-bond acceptors (Lipinski definition) is 4. The van der Waals surface area contributed by atoms with E-state index in [9.17, 15) is 4.79 Å². The molecular formula is C13H19N3O2. The minimum Gasteiger partial charge on any atom is -0.468 e. The summed E-state index contributed by atoms with van der Waals surface area (Å²) in [5.41, 5.74) is 0. The number of ether oxygens (including phenoxy) is 1. The molecule has 1 aromatic rings. The molecule has 5 heteroatoms. The molecule has 1 aromatic heterocycles. The highest BCUT2D eigenvalue weighted by Gasteiger charge is 2.37. The van der Waals surface area contributed by atoms with Crippen molar-refractivity contribution in [2.24, 2.45) is 5.92 Å². The first-order valence-electron chi connectivity index (χ1n) is 6.79. The number of aromatic nitrogens is 3. The van der Waals surface area contributed by atoms with Gasteiger partial charge in [-0.25, -0.2) is 4.98 Å². The second-order valence-corrected chi connectivity index (χ2v) is 5.40. The number of H-pyrrole nitrogens is 1. The van der Waals surface area contributed by atoms with E-state index in [0.717, 1.165) is 18.7 Å². The maximum Gasteiger partial charge on any atom is 0.316 e. The molecular weight excluding hydrogens is 230 g/mol. The Morgan fingerprint density at radius 3 is 2.67 bits per heavy atom. The van der Waals surface area contributed by atoms with E-state index in [1.54, 1.807) is 0 Å². The first kappa shape index (κ1) is 11.7. The number of aromatic amines is 1. The molecule has 1 heterocycles. The number of hydrogen-bond donors (Lipinski definition) is 1. The van der Waals surface area contributed by atoms with E-state index >= 15 is 0 Å². The number of nitrogens with one attached hydrogen (secondary N) is 1. The largest absolute Gasteiger partial charge is 0.468 e. The predicted octanol–water partition coefficient (Wildman–Crippen LogP) is 2.13. The highest BCUT2D eigenvalue weighted by molar-refractivity contribution is 5.77. The van der Waals surface area contributed by atoms with Crippen molar-refractivity contribution < 1.29 is 9.53 Å². The molecule has 3 rings (SSSR count). The van der Waals surface area contributed by atoms with Gasteiger partial charge in [0.05, 0.1) is 7.11 Å². The Morgan fingerprint density at radius 1 is 1.33 bits per heavy atom.